The standard InChI is InChI=1S/C21H18ClN3O3S/c22-16-5-3-6-18(14-16)24-21(26)23-17-8-10-19(11-9-17)29(27,28)25-13-12-15-4-1-2-7-20(15)25/h1-11,14H,12-13H2,(H2,23,24,26). The molecule has 29 heavy (non-hydrogen) atoms. The minimum atomic E-state index is -3.66. The molecule has 0 aliphatic carbocycles. The van der Waals surface area contributed by atoms with Gasteiger partial charge in [-0.1, -0.05) is 35.9 Å². The summed E-state index contributed by atoms with van der Waals surface area (Å²) in [5.74, 6) is 0. The Morgan fingerprint density at radius 3 is 2.38 bits per heavy atom. The number of hydrogen-bond acceptors (Lipinski definition) is 3. The molecule has 0 saturated heterocycles. The van der Waals surface area contributed by atoms with E-state index in [1.807, 2.05) is 24.3 Å². The Balaban J connectivity index is 1.47. The van der Waals surface area contributed by atoms with Crippen LogP contribution in [0.15, 0.2) is 77.7 Å². The molecule has 8 heteroatoms. The van der Waals surface area contributed by atoms with E-state index in [0.29, 0.717) is 29.4 Å². The van der Waals surface area contributed by atoms with Crippen LogP contribution in [-0.2, 0) is 16.4 Å². The van der Waals surface area contributed by atoms with Gasteiger partial charge in [0.05, 0.1) is 10.6 Å². The van der Waals surface area contributed by atoms with Crippen molar-refractivity contribution in [3.05, 3.63) is 83.4 Å². The van der Waals surface area contributed by atoms with Gasteiger partial charge in [-0.25, -0.2) is 13.2 Å². The lowest BCUT2D eigenvalue weighted by Crippen LogP contribution is -2.29. The molecule has 2 N–H and O–H groups in total. The van der Waals surface area contributed by atoms with E-state index in [-0.39, 0.29) is 4.90 Å². The van der Waals surface area contributed by atoms with E-state index < -0.39 is 16.1 Å². The minimum Gasteiger partial charge on any atom is -0.308 e. The van der Waals surface area contributed by atoms with Crippen molar-refractivity contribution in [3.63, 3.8) is 0 Å². The maximum Gasteiger partial charge on any atom is 0.323 e. The molecular formula is C21H18ClN3O3S. The number of para-hydroxylation sites is 1. The first-order chi connectivity index (χ1) is 13.9. The van der Waals surface area contributed by atoms with E-state index in [0.717, 1.165) is 11.3 Å². The second-order valence-electron chi connectivity index (χ2n) is 6.57. The van der Waals surface area contributed by atoms with Gasteiger partial charge in [-0.3, -0.25) is 4.31 Å². The van der Waals surface area contributed by atoms with Gasteiger partial charge in [0.1, 0.15) is 0 Å². The average molecular weight is 428 g/mol. The van der Waals surface area contributed by atoms with E-state index in [1.54, 1.807) is 36.4 Å². The number of anilines is 3. The van der Waals surface area contributed by atoms with E-state index >= 15 is 0 Å². The van der Waals surface area contributed by atoms with E-state index in [2.05, 4.69) is 10.6 Å². The fraction of sp³-hybridized carbons (Fsp3) is 0.0952. The molecule has 148 valence electrons. The number of amides is 2. The van der Waals surface area contributed by atoms with Crippen molar-refractivity contribution in [3.8, 4) is 0 Å². The Kier molecular flexibility index (Phi) is 5.17. The van der Waals surface area contributed by atoms with Crippen LogP contribution in [0, 0.1) is 0 Å². The van der Waals surface area contributed by atoms with Crippen molar-refractivity contribution < 1.29 is 13.2 Å². The molecule has 0 radical (unpaired) electrons. The summed E-state index contributed by atoms with van der Waals surface area (Å²) in [7, 11) is -3.66. The SMILES string of the molecule is O=C(Nc1ccc(S(=O)(=O)N2CCc3ccccc32)cc1)Nc1cccc(Cl)c1. The Morgan fingerprint density at radius 1 is 0.897 bits per heavy atom. The highest BCUT2D eigenvalue weighted by Gasteiger charge is 2.30. The Morgan fingerprint density at radius 2 is 1.62 bits per heavy atom. The quantitative estimate of drug-likeness (QED) is 0.631. The molecule has 0 bridgehead atoms. The number of urea groups is 1. The van der Waals surface area contributed by atoms with Gasteiger partial charge in [0.25, 0.3) is 10.0 Å². The lowest BCUT2D eigenvalue weighted by molar-refractivity contribution is 0.262. The minimum absolute atomic E-state index is 0.176. The molecule has 1 aliphatic heterocycles. The van der Waals surface area contributed by atoms with Gasteiger partial charge in [0.15, 0.2) is 0 Å². The number of halogens is 1. The number of nitrogens with zero attached hydrogens (tertiary/aromatic N) is 1. The van der Waals surface area contributed by atoms with Crippen molar-refractivity contribution in [2.24, 2.45) is 0 Å². The van der Waals surface area contributed by atoms with Gasteiger partial charge in [-0.15, -0.1) is 0 Å². The molecule has 0 aromatic heterocycles. The number of rotatable bonds is 4. The lowest BCUT2D eigenvalue weighted by Gasteiger charge is -2.19. The summed E-state index contributed by atoms with van der Waals surface area (Å²) in [6.45, 7) is 0.420. The molecule has 0 atom stereocenters. The van der Waals surface area contributed by atoms with Crippen LogP contribution in [0.3, 0.4) is 0 Å². The van der Waals surface area contributed by atoms with Crippen molar-refractivity contribution in [2.45, 2.75) is 11.3 Å². The highest BCUT2D eigenvalue weighted by atomic mass is 35.5. The Labute approximate surface area is 174 Å². The molecule has 0 unspecified atom stereocenters. The average Bonchev–Trinajstić information content (AvgIpc) is 3.13. The van der Waals surface area contributed by atoms with Gasteiger partial charge >= 0.3 is 6.03 Å². The number of fused-ring (bicyclic) bond motifs is 1. The number of hydrogen-bond donors (Lipinski definition) is 2. The first-order valence-corrected chi connectivity index (χ1v) is 10.8. The van der Waals surface area contributed by atoms with Crippen LogP contribution in [0.2, 0.25) is 5.02 Å². The molecule has 1 heterocycles. The zero-order valence-corrected chi connectivity index (χ0v) is 16.9. The molecular weight excluding hydrogens is 410 g/mol. The topological polar surface area (TPSA) is 78.5 Å². The monoisotopic (exact) mass is 427 g/mol. The van der Waals surface area contributed by atoms with Crippen LogP contribution < -0.4 is 14.9 Å². The van der Waals surface area contributed by atoms with Gasteiger partial charge in [-0.2, -0.15) is 0 Å². The molecule has 0 spiro atoms. The van der Waals surface area contributed by atoms with Crippen LogP contribution in [0.4, 0.5) is 21.9 Å². The molecule has 0 fully saturated rings. The number of benzene rings is 3. The number of sulfonamides is 1. The fourth-order valence-corrected chi connectivity index (χ4v) is 4.95. The first-order valence-electron chi connectivity index (χ1n) is 8.98. The summed E-state index contributed by atoms with van der Waals surface area (Å²) in [6.07, 6.45) is 0.693. The molecule has 1 aliphatic rings. The van der Waals surface area contributed by atoms with Crippen molar-refractivity contribution >= 4 is 44.7 Å². The van der Waals surface area contributed by atoms with Gasteiger partial charge in [-0.05, 0) is 60.5 Å². The predicted octanol–water partition coefficient (Wildman–Crippen LogP) is 4.74. The second kappa shape index (κ2) is 7.77. The van der Waals surface area contributed by atoms with Gasteiger partial charge < -0.3 is 10.6 Å². The summed E-state index contributed by atoms with van der Waals surface area (Å²) in [6, 6.07) is 19.9. The van der Waals surface area contributed by atoms with E-state index in [9.17, 15) is 13.2 Å². The summed E-state index contributed by atoms with van der Waals surface area (Å²) in [4.78, 5) is 12.3. The molecule has 2 amide bonds. The zero-order chi connectivity index (χ0) is 20.4. The summed E-state index contributed by atoms with van der Waals surface area (Å²) in [5, 5.41) is 5.86. The second-order valence-corrected chi connectivity index (χ2v) is 8.87. The first kappa shape index (κ1) is 19.3. The molecule has 4 rings (SSSR count). The van der Waals surface area contributed by atoms with Crippen LogP contribution in [-0.4, -0.2) is 21.0 Å². The van der Waals surface area contributed by atoms with Crippen molar-refractivity contribution in [2.75, 3.05) is 21.5 Å². The summed E-state index contributed by atoms with van der Waals surface area (Å²) < 4.78 is 27.5. The lowest BCUT2D eigenvalue weighted by atomic mass is 10.2. The van der Waals surface area contributed by atoms with Crippen LogP contribution >= 0.6 is 11.6 Å². The van der Waals surface area contributed by atoms with E-state index in [1.165, 1.54) is 16.4 Å². The maximum absolute atomic E-state index is 13.0. The van der Waals surface area contributed by atoms with Crippen LogP contribution in [0.5, 0.6) is 0 Å². The van der Waals surface area contributed by atoms with E-state index in [4.69, 9.17) is 11.6 Å². The molecule has 3 aromatic rings. The largest absolute Gasteiger partial charge is 0.323 e. The third-order valence-corrected chi connectivity index (χ3v) is 6.69. The number of carbonyl (C=O) groups is 1. The smallest absolute Gasteiger partial charge is 0.308 e. The zero-order valence-electron chi connectivity index (χ0n) is 15.3. The summed E-state index contributed by atoms with van der Waals surface area (Å²) in [5.41, 5.74) is 2.77. The highest BCUT2D eigenvalue weighted by molar-refractivity contribution is 7.92. The van der Waals surface area contributed by atoms with Crippen LogP contribution in [0.1, 0.15) is 5.56 Å². The number of nitrogens with one attached hydrogen (secondary N) is 2. The normalized spacial score (nSPS) is 13.1. The van der Waals surface area contributed by atoms with Gasteiger partial charge in [0, 0.05) is 22.9 Å². The molecule has 0 saturated carbocycles. The third-order valence-electron chi connectivity index (χ3n) is 4.63. The van der Waals surface area contributed by atoms with Gasteiger partial charge in [0.2, 0.25) is 0 Å². The maximum atomic E-state index is 13.0. The van der Waals surface area contributed by atoms with Crippen molar-refractivity contribution in [1.29, 1.82) is 0 Å². The molecule has 3 aromatic carbocycles. The Hall–Kier alpha value is -3.03. The predicted molar refractivity (Wildman–Crippen MR) is 115 cm³/mol. The fourth-order valence-electron chi connectivity index (χ4n) is 3.25. The molecule has 6 nitrogen and oxygen atoms in total. The van der Waals surface area contributed by atoms with Crippen LogP contribution in [0.25, 0.3) is 0 Å². The summed E-state index contributed by atoms with van der Waals surface area (Å²) >= 11 is 5.90. The highest BCUT2D eigenvalue weighted by Crippen LogP contribution is 2.32. The Bertz CT molecular complexity index is 1160. The van der Waals surface area contributed by atoms with Crippen molar-refractivity contribution in [1.82, 2.24) is 0 Å². The third kappa shape index (κ3) is 4.06. The number of carbonyl (C=O) groups excluding carboxylic acids is 1.